The van der Waals surface area contributed by atoms with Gasteiger partial charge in [-0.15, -0.1) is 13.2 Å². The number of hydrogen-bond acceptors (Lipinski definition) is 3. The summed E-state index contributed by atoms with van der Waals surface area (Å²) in [5.74, 6) is -0.730. The first-order chi connectivity index (χ1) is 10.4. The summed E-state index contributed by atoms with van der Waals surface area (Å²) in [6, 6.07) is 10.8. The van der Waals surface area contributed by atoms with Crippen molar-refractivity contribution in [1.29, 1.82) is 0 Å². The zero-order valence-corrected chi connectivity index (χ0v) is 11.1. The van der Waals surface area contributed by atoms with Crippen LogP contribution in [-0.2, 0) is 11.4 Å². The predicted molar refractivity (Wildman–Crippen MR) is 70.9 cm³/mol. The lowest BCUT2D eigenvalue weighted by atomic mass is 10.2. The highest BCUT2D eigenvalue weighted by molar-refractivity contribution is 5.78. The maximum Gasteiger partial charge on any atom is 0.573 e. The Labute approximate surface area is 123 Å². The molecule has 0 unspecified atom stereocenters. The van der Waals surface area contributed by atoms with Crippen LogP contribution in [-0.4, -0.2) is 12.6 Å². The topological polar surface area (TPSA) is 30.8 Å². The van der Waals surface area contributed by atoms with Crippen molar-refractivity contribution >= 4 is 6.21 Å². The van der Waals surface area contributed by atoms with E-state index >= 15 is 0 Å². The number of nitrogens with zero attached hydrogens (tertiary/aromatic N) is 1. The van der Waals surface area contributed by atoms with Crippen LogP contribution < -0.4 is 4.74 Å². The van der Waals surface area contributed by atoms with Gasteiger partial charge in [-0.1, -0.05) is 29.4 Å². The van der Waals surface area contributed by atoms with Crippen molar-refractivity contribution < 1.29 is 27.1 Å². The van der Waals surface area contributed by atoms with E-state index in [2.05, 4.69) is 16.1 Å². The van der Waals surface area contributed by atoms with Gasteiger partial charge in [0, 0.05) is 5.56 Å². The molecule has 0 saturated heterocycles. The molecule has 115 valence electrons. The second-order valence-corrected chi connectivity index (χ2v) is 4.18. The van der Waals surface area contributed by atoms with Gasteiger partial charge in [0.25, 0.3) is 0 Å². The molecule has 0 aliphatic rings. The summed E-state index contributed by atoms with van der Waals surface area (Å²) in [6.07, 6.45) is -2.23. The summed E-state index contributed by atoms with van der Waals surface area (Å²) >= 11 is 0. The Morgan fingerprint density at radius 1 is 1.05 bits per heavy atom. The Bertz CT molecular complexity index is 639. The van der Waals surface area contributed by atoms with E-state index in [4.69, 9.17) is 4.84 Å². The van der Waals surface area contributed by atoms with Crippen molar-refractivity contribution in [2.24, 2.45) is 5.16 Å². The Morgan fingerprint density at radius 2 is 1.77 bits per heavy atom. The molecule has 0 aromatic heterocycles. The van der Waals surface area contributed by atoms with E-state index < -0.39 is 12.2 Å². The molecule has 0 aliphatic heterocycles. The molecule has 22 heavy (non-hydrogen) atoms. The lowest BCUT2D eigenvalue weighted by Gasteiger charge is -2.08. The van der Waals surface area contributed by atoms with Crippen LogP contribution >= 0.6 is 0 Å². The maximum absolute atomic E-state index is 12.9. The van der Waals surface area contributed by atoms with Gasteiger partial charge in [-0.05, 0) is 29.8 Å². The number of ether oxygens (including phenoxy) is 1. The minimum Gasteiger partial charge on any atom is -0.406 e. The molecule has 0 N–H and O–H groups in total. The molecule has 0 amide bonds. The number of alkyl halides is 3. The second-order valence-electron chi connectivity index (χ2n) is 4.18. The Morgan fingerprint density at radius 3 is 2.41 bits per heavy atom. The number of hydrogen-bond donors (Lipinski definition) is 0. The quantitative estimate of drug-likeness (QED) is 0.472. The number of halogens is 4. The summed E-state index contributed by atoms with van der Waals surface area (Å²) in [5, 5.41) is 3.53. The third-order valence-electron chi connectivity index (χ3n) is 2.45. The normalized spacial score (nSPS) is 11.6. The first kappa shape index (κ1) is 15.8. The van der Waals surface area contributed by atoms with Gasteiger partial charge in [0.2, 0.25) is 0 Å². The van der Waals surface area contributed by atoms with E-state index in [0.29, 0.717) is 11.1 Å². The van der Waals surface area contributed by atoms with Crippen molar-refractivity contribution in [2.75, 3.05) is 0 Å². The van der Waals surface area contributed by atoms with Crippen LogP contribution in [0.25, 0.3) is 0 Å². The summed E-state index contributed by atoms with van der Waals surface area (Å²) in [6.45, 7) is 0.0363. The lowest BCUT2D eigenvalue weighted by molar-refractivity contribution is -0.274. The Kier molecular flexibility index (Phi) is 4.98. The van der Waals surface area contributed by atoms with Crippen LogP contribution in [0.2, 0.25) is 0 Å². The highest BCUT2D eigenvalue weighted by atomic mass is 19.4. The minimum absolute atomic E-state index is 0.0363. The van der Waals surface area contributed by atoms with Crippen molar-refractivity contribution in [3.63, 3.8) is 0 Å². The molecule has 0 spiro atoms. The first-order valence-electron chi connectivity index (χ1n) is 6.11. The number of benzene rings is 2. The largest absolute Gasteiger partial charge is 0.573 e. The molecule has 2 rings (SSSR count). The second kappa shape index (κ2) is 6.93. The van der Waals surface area contributed by atoms with Gasteiger partial charge >= 0.3 is 6.36 Å². The van der Waals surface area contributed by atoms with E-state index in [1.54, 1.807) is 6.07 Å². The van der Waals surface area contributed by atoms with Gasteiger partial charge in [0.15, 0.2) is 0 Å². The van der Waals surface area contributed by atoms with Gasteiger partial charge in [0.1, 0.15) is 24.4 Å². The predicted octanol–water partition coefficient (Wildman–Crippen LogP) is 4.15. The smallest absolute Gasteiger partial charge is 0.406 e. The van der Waals surface area contributed by atoms with E-state index in [-0.39, 0.29) is 12.4 Å². The van der Waals surface area contributed by atoms with Crippen molar-refractivity contribution in [3.8, 4) is 5.75 Å². The Balaban J connectivity index is 1.84. The van der Waals surface area contributed by atoms with Crippen molar-refractivity contribution in [2.45, 2.75) is 13.0 Å². The average Bonchev–Trinajstić information content (AvgIpc) is 2.44. The molecule has 0 bridgehead atoms. The van der Waals surface area contributed by atoms with Crippen LogP contribution in [0.4, 0.5) is 17.6 Å². The monoisotopic (exact) mass is 312 g/mol. The summed E-state index contributed by atoms with van der Waals surface area (Å²) in [5.41, 5.74) is 1.01. The van der Waals surface area contributed by atoms with Gasteiger partial charge in [0.05, 0.1) is 0 Å². The SMILES string of the molecule is Fc1cccc(/[C]=N\OCc2ccc(OC(F)(F)F)cc2)c1. The highest BCUT2D eigenvalue weighted by Gasteiger charge is 2.30. The number of rotatable bonds is 5. The van der Waals surface area contributed by atoms with E-state index in [0.717, 1.165) is 0 Å². The van der Waals surface area contributed by atoms with Gasteiger partial charge in [-0.25, -0.2) is 4.39 Å². The summed E-state index contributed by atoms with van der Waals surface area (Å²) in [4.78, 5) is 4.93. The molecule has 3 nitrogen and oxygen atoms in total. The van der Waals surface area contributed by atoms with Crippen LogP contribution in [0.1, 0.15) is 11.1 Å². The fourth-order valence-electron chi connectivity index (χ4n) is 1.54. The zero-order valence-electron chi connectivity index (χ0n) is 11.1. The summed E-state index contributed by atoms with van der Waals surface area (Å²) < 4.78 is 52.6. The summed E-state index contributed by atoms with van der Waals surface area (Å²) in [7, 11) is 0. The third kappa shape index (κ3) is 5.43. The third-order valence-corrected chi connectivity index (χ3v) is 2.45. The molecule has 0 atom stereocenters. The molecule has 0 aliphatic carbocycles. The van der Waals surface area contributed by atoms with Gasteiger partial charge < -0.3 is 9.57 Å². The maximum atomic E-state index is 12.9. The van der Waals surface area contributed by atoms with E-state index in [9.17, 15) is 17.6 Å². The molecule has 0 saturated carbocycles. The minimum atomic E-state index is -4.72. The van der Waals surface area contributed by atoms with Crippen LogP contribution in [0, 0.1) is 5.82 Å². The Hall–Kier alpha value is -2.57. The first-order valence-corrected chi connectivity index (χ1v) is 6.11. The van der Waals surface area contributed by atoms with Gasteiger partial charge in [-0.3, -0.25) is 0 Å². The van der Waals surface area contributed by atoms with Crippen LogP contribution in [0.5, 0.6) is 5.75 Å². The lowest BCUT2D eigenvalue weighted by Crippen LogP contribution is -2.17. The van der Waals surface area contributed by atoms with Gasteiger partial charge in [-0.2, -0.15) is 0 Å². The van der Waals surface area contributed by atoms with E-state index in [1.165, 1.54) is 42.5 Å². The van der Waals surface area contributed by atoms with Crippen LogP contribution in [0.15, 0.2) is 53.7 Å². The average molecular weight is 312 g/mol. The fraction of sp³-hybridized carbons (Fsp3) is 0.133. The highest BCUT2D eigenvalue weighted by Crippen LogP contribution is 2.22. The van der Waals surface area contributed by atoms with E-state index in [1.807, 2.05) is 0 Å². The molecular weight excluding hydrogens is 302 g/mol. The molecular formula is C15H10F4NO2. The zero-order chi connectivity index (χ0) is 16.0. The van der Waals surface area contributed by atoms with Crippen LogP contribution in [0.3, 0.4) is 0 Å². The molecule has 7 heteroatoms. The molecule has 0 fully saturated rings. The molecule has 1 radical (unpaired) electrons. The molecule has 0 heterocycles. The standard InChI is InChI=1S/C15H10F4NO2/c16-13-3-1-2-12(8-13)9-20-21-10-11-4-6-14(7-5-11)22-15(17,18)19/h1-8H,10H2. The van der Waals surface area contributed by atoms with Crippen molar-refractivity contribution in [3.05, 3.63) is 65.5 Å². The molecule has 2 aromatic carbocycles. The van der Waals surface area contributed by atoms with Crippen molar-refractivity contribution in [1.82, 2.24) is 0 Å². The fourth-order valence-corrected chi connectivity index (χ4v) is 1.54. The molecule has 2 aromatic rings.